The van der Waals surface area contributed by atoms with Gasteiger partial charge in [0.15, 0.2) is 12.6 Å². The monoisotopic (exact) mass is 413 g/mol. The molecule has 3 rings (SSSR count). The summed E-state index contributed by atoms with van der Waals surface area (Å²) in [5.74, 6) is 1.44. The normalized spacial score (nSPS) is 11.1. The number of aromatic nitrogens is 3. The summed E-state index contributed by atoms with van der Waals surface area (Å²) < 4.78 is 20.9. The number of methoxy groups -OCH3 is 1. The summed E-state index contributed by atoms with van der Waals surface area (Å²) in [6, 6.07) is 7.89. The molecule has 0 atom stereocenters. The van der Waals surface area contributed by atoms with Crippen LogP contribution in [0.1, 0.15) is 53.7 Å². The van der Waals surface area contributed by atoms with Gasteiger partial charge < -0.3 is 14.2 Å². The van der Waals surface area contributed by atoms with Crippen LogP contribution >= 0.6 is 0 Å². The first-order valence-electron chi connectivity index (χ1n) is 9.76. The van der Waals surface area contributed by atoms with Gasteiger partial charge >= 0.3 is 5.76 Å². The fourth-order valence-electron chi connectivity index (χ4n) is 3.23. The summed E-state index contributed by atoms with van der Waals surface area (Å²) in [5.41, 5.74) is 5.30. The van der Waals surface area contributed by atoms with Crippen molar-refractivity contribution in [2.75, 3.05) is 13.9 Å². The third kappa shape index (κ3) is 5.27. The largest absolute Gasteiger partial charge is 0.486 e. The number of rotatable bonds is 9. The van der Waals surface area contributed by atoms with E-state index in [0.717, 1.165) is 28.3 Å². The molecule has 0 aliphatic carbocycles. The number of nitrogens with one attached hydrogen (secondary N) is 1. The van der Waals surface area contributed by atoms with Crippen molar-refractivity contribution in [3.8, 4) is 11.5 Å². The van der Waals surface area contributed by atoms with Crippen LogP contribution in [0.4, 0.5) is 0 Å². The minimum atomic E-state index is -0.594. The molecule has 2 heterocycles. The Bertz CT molecular complexity index is 1030. The Morgan fingerprint density at radius 3 is 2.47 bits per heavy atom. The first kappa shape index (κ1) is 21.6. The number of aryl methyl sites for hydroxylation is 2. The van der Waals surface area contributed by atoms with Crippen molar-refractivity contribution in [3.05, 3.63) is 68.7 Å². The Kier molecular flexibility index (Phi) is 6.89. The second-order valence-electron chi connectivity index (χ2n) is 7.43. The number of H-pyrrole nitrogens is 1. The van der Waals surface area contributed by atoms with E-state index in [2.05, 4.69) is 28.5 Å². The predicted octanol–water partition coefficient (Wildman–Crippen LogP) is 3.65. The smallest absolute Gasteiger partial charge is 0.439 e. The molecule has 8 nitrogen and oxygen atoms in total. The van der Waals surface area contributed by atoms with Gasteiger partial charge in [0, 0.05) is 19.2 Å². The first-order valence-corrected chi connectivity index (χ1v) is 9.76. The standard InChI is InChI=1S/C22H27N3O5/c1-13(2)21-19(29-12-27-5)7-6-16(23-21)10-18-14(3)8-17(9-15(18)4)28-11-20-24-22(26)30-25-20/h6-9,13H,10-12H2,1-5H3,(H,24,25,26). The lowest BCUT2D eigenvalue weighted by Gasteiger charge is -2.16. The number of nitrogens with zero attached hydrogens (tertiary/aromatic N) is 2. The second-order valence-corrected chi connectivity index (χ2v) is 7.43. The van der Waals surface area contributed by atoms with E-state index in [9.17, 15) is 4.79 Å². The number of aromatic amines is 1. The fourth-order valence-corrected chi connectivity index (χ4v) is 3.23. The molecule has 1 N–H and O–H groups in total. The van der Waals surface area contributed by atoms with E-state index in [0.29, 0.717) is 18.0 Å². The molecule has 0 aliphatic heterocycles. The molecule has 0 amide bonds. The molecule has 30 heavy (non-hydrogen) atoms. The third-order valence-corrected chi connectivity index (χ3v) is 4.71. The van der Waals surface area contributed by atoms with E-state index in [4.69, 9.17) is 19.2 Å². The lowest BCUT2D eigenvalue weighted by molar-refractivity contribution is 0.0499. The quantitative estimate of drug-likeness (QED) is 0.535. The maximum absolute atomic E-state index is 11.0. The average Bonchev–Trinajstić information content (AvgIpc) is 3.13. The minimum Gasteiger partial charge on any atom is -0.486 e. The Balaban J connectivity index is 1.77. The molecule has 0 fully saturated rings. The Labute approximate surface area is 175 Å². The average molecular weight is 413 g/mol. The summed E-state index contributed by atoms with van der Waals surface area (Å²) >= 11 is 0. The molecule has 2 aromatic heterocycles. The van der Waals surface area contributed by atoms with Gasteiger partial charge in [-0.05, 0) is 60.7 Å². The van der Waals surface area contributed by atoms with Crippen molar-refractivity contribution in [3.63, 3.8) is 0 Å². The highest BCUT2D eigenvalue weighted by molar-refractivity contribution is 5.43. The minimum absolute atomic E-state index is 0.131. The fraction of sp³-hybridized carbons (Fsp3) is 0.409. The molecular weight excluding hydrogens is 386 g/mol. The van der Waals surface area contributed by atoms with E-state index in [1.807, 2.05) is 38.1 Å². The van der Waals surface area contributed by atoms with E-state index < -0.39 is 5.76 Å². The van der Waals surface area contributed by atoms with Crippen molar-refractivity contribution in [1.29, 1.82) is 0 Å². The van der Waals surface area contributed by atoms with Gasteiger partial charge in [0.2, 0.25) is 0 Å². The molecule has 0 unspecified atom stereocenters. The summed E-state index contributed by atoms with van der Waals surface area (Å²) in [5, 5.41) is 3.60. The van der Waals surface area contributed by atoms with E-state index in [1.165, 1.54) is 5.56 Å². The van der Waals surface area contributed by atoms with Crippen molar-refractivity contribution in [1.82, 2.24) is 15.1 Å². The highest BCUT2D eigenvalue weighted by Crippen LogP contribution is 2.28. The first-order chi connectivity index (χ1) is 14.4. The van der Waals surface area contributed by atoms with Gasteiger partial charge in [-0.2, -0.15) is 0 Å². The molecule has 0 saturated carbocycles. The lowest BCUT2D eigenvalue weighted by Crippen LogP contribution is -2.07. The van der Waals surface area contributed by atoms with Crippen LogP contribution in [0.25, 0.3) is 0 Å². The molecule has 0 saturated heterocycles. The van der Waals surface area contributed by atoms with Crippen LogP contribution in [0.5, 0.6) is 11.5 Å². The van der Waals surface area contributed by atoms with Crippen molar-refractivity contribution < 1.29 is 18.7 Å². The zero-order valence-corrected chi connectivity index (χ0v) is 17.9. The van der Waals surface area contributed by atoms with Gasteiger partial charge in [0.25, 0.3) is 0 Å². The Hall–Kier alpha value is -3.13. The van der Waals surface area contributed by atoms with Crippen LogP contribution < -0.4 is 15.2 Å². The van der Waals surface area contributed by atoms with Crippen LogP contribution in [-0.4, -0.2) is 29.0 Å². The Morgan fingerprint density at radius 1 is 1.13 bits per heavy atom. The number of pyridine rings is 1. The molecule has 0 radical (unpaired) electrons. The maximum Gasteiger partial charge on any atom is 0.439 e. The number of benzene rings is 1. The maximum atomic E-state index is 11.0. The van der Waals surface area contributed by atoms with E-state index >= 15 is 0 Å². The van der Waals surface area contributed by atoms with Gasteiger partial charge in [-0.25, -0.2) is 4.79 Å². The molecule has 0 aliphatic rings. The van der Waals surface area contributed by atoms with E-state index in [1.54, 1.807) is 7.11 Å². The molecule has 8 heteroatoms. The van der Waals surface area contributed by atoms with Crippen molar-refractivity contribution in [2.24, 2.45) is 0 Å². The number of hydrogen-bond donors (Lipinski definition) is 1. The summed E-state index contributed by atoms with van der Waals surface area (Å²) in [7, 11) is 1.60. The van der Waals surface area contributed by atoms with Crippen LogP contribution in [0.15, 0.2) is 33.6 Å². The SMILES string of the molecule is COCOc1ccc(Cc2c(C)cc(OCc3noc(=O)[nH]3)cc2C)nc1C(C)C. The topological polar surface area (TPSA) is 99.5 Å². The highest BCUT2D eigenvalue weighted by atomic mass is 16.7. The number of ether oxygens (including phenoxy) is 3. The van der Waals surface area contributed by atoms with Crippen molar-refractivity contribution >= 4 is 0 Å². The molecule has 160 valence electrons. The van der Waals surface area contributed by atoms with Crippen LogP contribution in [0.3, 0.4) is 0 Å². The molecular formula is C22H27N3O5. The van der Waals surface area contributed by atoms with Crippen LogP contribution in [0.2, 0.25) is 0 Å². The summed E-state index contributed by atoms with van der Waals surface area (Å²) in [4.78, 5) is 18.3. The number of hydrogen-bond acceptors (Lipinski definition) is 7. The van der Waals surface area contributed by atoms with Crippen LogP contribution in [0, 0.1) is 13.8 Å². The predicted molar refractivity (Wildman–Crippen MR) is 111 cm³/mol. The molecule has 1 aromatic carbocycles. The second kappa shape index (κ2) is 9.58. The third-order valence-electron chi connectivity index (χ3n) is 4.71. The lowest BCUT2D eigenvalue weighted by atomic mass is 9.97. The van der Waals surface area contributed by atoms with Gasteiger partial charge in [-0.3, -0.25) is 14.5 Å². The van der Waals surface area contributed by atoms with Crippen LogP contribution in [-0.2, 0) is 17.8 Å². The molecule has 3 aromatic rings. The molecule has 0 spiro atoms. The van der Waals surface area contributed by atoms with Gasteiger partial charge in [0.1, 0.15) is 18.1 Å². The Morgan fingerprint density at radius 2 is 1.87 bits per heavy atom. The van der Waals surface area contributed by atoms with Crippen molar-refractivity contribution in [2.45, 2.75) is 46.6 Å². The van der Waals surface area contributed by atoms with E-state index in [-0.39, 0.29) is 19.3 Å². The molecule has 0 bridgehead atoms. The summed E-state index contributed by atoms with van der Waals surface area (Å²) in [6.07, 6.45) is 0.707. The van der Waals surface area contributed by atoms with Gasteiger partial charge in [0.05, 0.1) is 5.69 Å². The zero-order valence-electron chi connectivity index (χ0n) is 17.9. The highest BCUT2D eigenvalue weighted by Gasteiger charge is 2.14. The van der Waals surface area contributed by atoms with Gasteiger partial charge in [-0.15, -0.1) is 0 Å². The summed E-state index contributed by atoms with van der Waals surface area (Å²) in [6.45, 7) is 8.61. The zero-order chi connectivity index (χ0) is 21.7. The van der Waals surface area contributed by atoms with Gasteiger partial charge in [-0.1, -0.05) is 19.0 Å².